The molecule has 0 aliphatic rings. The zero-order chi connectivity index (χ0) is 23.2. The van der Waals surface area contributed by atoms with Crippen LogP contribution in [0.4, 0.5) is 5.69 Å². The Morgan fingerprint density at radius 2 is 1.79 bits per heavy atom. The van der Waals surface area contributed by atoms with E-state index in [1.54, 1.807) is 38.6 Å². The van der Waals surface area contributed by atoms with E-state index in [9.17, 15) is 4.79 Å². The van der Waals surface area contributed by atoms with Crippen LogP contribution in [-0.2, 0) is 4.79 Å². The number of nitrogens with zero attached hydrogens (tertiary/aromatic N) is 1. The van der Waals surface area contributed by atoms with Gasteiger partial charge in [-0.05, 0) is 59.5 Å². The van der Waals surface area contributed by atoms with Gasteiger partial charge in [0.05, 0.1) is 31.7 Å². The van der Waals surface area contributed by atoms with E-state index in [1.807, 2.05) is 36.4 Å². The van der Waals surface area contributed by atoms with E-state index in [4.69, 9.17) is 13.9 Å². The molecule has 0 saturated carbocycles. The standard InChI is InChI=1S/C27H24N2O4/c1-18-6-4-5-7-21(18)20-10-11-23(22(17-20)27-28-14-15-33-27)29-26(30)13-9-19-8-12-24(31-2)25(16-19)32-3/h4-17H,1-3H3,(H,29,30). The largest absolute Gasteiger partial charge is 0.493 e. The topological polar surface area (TPSA) is 73.6 Å². The van der Waals surface area contributed by atoms with Gasteiger partial charge in [-0.1, -0.05) is 36.4 Å². The molecule has 0 bridgehead atoms. The number of carbonyl (C=O) groups excluding carboxylic acids is 1. The molecule has 6 nitrogen and oxygen atoms in total. The summed E-state index contributed by atoms with van der Waals surface area (Å²) in [4.78, 5) is 17.0. The molecule has 0 aliphatic heterocycles. The second-order valence-electron chi connectivity index (χ2n) is 7.35. The SMILES string of the molecule is COc1ccc(C=CC(=O)Nc2ccc(-c3ccccc3C)cc2-c2ncco2)cc1OC. The number of aromatic nitrogens is 1. The Kier molecular flexibility index (Phi) is 6.55. The molecule has 1 heterocycles. The van der Waals surface area contributed by atoms with Crippen LogP contribution in [0.2, 0.25) is 0 Å². The zero-order valence-corrected chi connectivity index (χ0v) is 18.7. The molecule has 33 heavy (non-hydrogen) atoms. The average Bonchev–Trinajstić information content (AvgIpc) is 3.38. The summed E-state index contributed by atoms with van der Waals surface area (Å²) >= 11 is 0. The molecule has 1 N–H and O–H groups in total. The van der Waals surface area contributed by atoms with Crippen LogP contribution in [0.5, 0.6) is 11.5 Å². The van der Waals surface area contributed by atoms with Crippen molar-refractivity contribution >= 4 is 17.7 Å². The first kappa shape index (κ1) is 21.9. The molecule has 0 atom stereocenters. The molecule has 0 saturated heterocycles. The quantitative estimate of drug-likeness (QED) is 0.358. The lowest BCUT2D eigenvalue weighted by molar-refractivity contribution is -0.111. The number of methoxy groups -OCH3 is 2. The zero-order valence-electron chi connectivity index (χ0n) is 18.7. The Balaban J connectivity index is 1.60. The Hall–Kier alpha value is -4.32. The minimum absolute atomic E-state index is 0.277. The first-order valence-corrected chi connectivity index (χ1v) is 10.4. The minimum Gasteiger partial charge on any atom is -0.493 e. The molecule has 0 spiro atoms. The summed E-state index contributed by atoms with van der Waals surface area (Å²) in [7, 11) is 3.15. The van der Waals surface area contributed by atoms with Gasteiger partial charge in [-0.25, -0.2) is 4.98 Å². The van der Waals surface area contributed by atoms with Gasteiger partial charge in [0.1, 0.15) is 6.26 Å². The molecular formula is C27H24N2O4. The highest BCUT2D eigenvalue weighted by Gasteiger charge is 2.14. The molecule has 6 heteroatoms. The lowest BCUT2D eigenvalue weighted by atomic mass is 9.98. The maximum atomic E-state index is 12.7. The summed E-state index contributed by atoms with van der Waals surface area (Å²) in [5, 5.41) is 2.93. The summed E-state index contributed by atoms with van der Waals surface area (Å²) in [6.45, 7) is 2.06. The van der Waals surface area contributed by atoms with Crippen molar-refractivity contribution in [1.82, 2.24) is 4.98 Å². The van der Waals surface area contributed by atoms with Crippen molar-refractivity contribution in [2.24, 2.45) is 0 Å². The highest BCUT2D eigenvalue weighted by molar-refractivity contribution is 6.04. The number of amides is 1. The third-order valence-electron chi connectivity index (χ3n) is 5.23. The number of rotatable bonds is 7. The second-order valence-corrected chi connectivity index (χ2v) is 7.35. The van der Waals surface area contributed by atoms with Crippen LogP contribution in [0.25, 0.3) is 28.7 Å². The number of nitrogens with one attached hydrogen (secondary N) is 1. The van der Waals surface area contributed by atoms with Crippen LogP contribution in [0.15, 0.2) is 83.6 Å². The molecule has 0 radical (unpaired) electrons. The summed E-state index contributed by atoms with van der Waals surface area (Å²) in [6.07, 6.45) is 6.27. The average molecular weight is 440 g/mol. The van der Waals surface area contributed by atoms with Gasteiger partial charge in [-0.2, -0.15) is 0 Å². The summed E-state index contributed by atoms with van der Waals surface area (Å²) in [5.41, 5.74) is 5.40. The van der Waals surface area contributed by atoms with E-state index >= 15 is 0 Å². The molecule has 0 unspecified atom stereocenters. The van der Waals surface area contributed by atoms with Crippen molar-refractivity contribution in [3.05, 3.63) is 90.3 Å². The van der Waals surface area contributed by atoms with Crippen molar-refractivity contribution in [3.8, 4) is 34.1 Å². The molecule has 4 aromatic rings. The third-order valence-corrected chi connectivity index (χ3v) is 5.23. The van der Waals surface area contributed by atoms with Crippen molar-refractivity contribution in [1.29, 1.82) is 0 Å². The first-order chi connectivity index (χ1) is 16.1. The minimum atomic E-state index is -0.277. The molecule has 1 amide bonds. The van der Waals surface area contributed by atoms with Crippen molar-refractivity contribution < 1.29 is 18.7 Å². The van der Waals surface area contributed by atoms with Gasteiger partial charge in [-0.15, -0.1) is 0 Å². The number of benzene rings is 3. The van der Waals surface area contributed by atoms with Gasteiger partial charge >= 0.3 is 0 Å². The predicted octanol–water partition coefficient (Wildman–Crippen LogP) is 5.99. The fourth-order valence-electron chi connectivity index (χ4n) is 3.55. The van der Waals surface area contributed by atoms with Crippen molar-refractivity contribution in [2.75, 3.05) is 19.5 Å². The Bertz CT molecular complexity index is 1290. The smallest absolute Gasteiger partial charge is 0.248 e. The van der Waals surface area contributed by atoms with Crippen LogP contribution >= 0.6 is 0 Å². The molecule has 0 aliphatic carbocycles. The molecular weight excluding hydrogens is 416 g/mol. The summed E-state index contributed by atoms with van der Waals surface area (Å²) in [6, 6.07) is 19.4. The van der Waals surface area contributed by atoms with Gasteiger partial charge in [0.25, 0.3) is 0 Å². The molecule has 4 rings (SSSR count). The van der Waals surface area contributed by atoms with Gasteiger partial charge in [0.2, 0.25) is 11.8 Å². The Morgan fingerprint density at radius 3 is 2.52 bits per heavy atom. The molecule has 3 aromatic carbocycles. The van der Waals surface area contributed by atoms with Crippen LogP contribution < -0.4 is 14.8 Å². The third kappa shape index (κ3) is 4.96. The Labute approximate surface area is 192 Å². The second kappa shape index (κ2) is 9.87. The molecule has 1 aromatic heterocycles. The van der Waals surface area contributed by atoms with E-state index in [0.29, 0.717) is 28.6 Å². The monoisotopic (exact) mass is 440 g/mol. The molecule has 166 valence electrons. The highest BCUT2D eigenvalue weighted by Crippen LogP contribution is 2.33. The fraction of sp³-hybridized carbons (Fsp3) is 0.111. The maximum Gasteiger partial charge on any atom is 0.248 e. The van der Waals surface area contributed by atoms with Gasteiger partial charge in [0, 0.05) is 6.08 Å². The highest BCUT2D eigenvalue weighted by atomic mass is 16.5. The van der Waals surface area contributed by atoms with E-state index in [1.165, 1.54) is 12.3 Å². The lowest BCUT2D eigenvalue weighted by Gasteiger charge is -2.12. The maximum absolute atomic E-state index is 12.7. The number of anilines is 1. The lowest BCUT2D eigenvalue weighted by Crippen LogP contribution is -2.09. The summed E-state index contributed by atoms with van der Waals surface area (Å²) < 4.78 is 16.1. The van der Waals surface area contributed by atoms with Crippen molar-refractivity contribution in [3.63, 3.8) is 0 Å². The van der Waals surface area contributed by atoms with Crippen LogP contribution in [0, 0.1) is 6.92 Å². The van der Waals surface area contributed by atoms with Gasteiger partial charge < -0.3 is 19.2 Å². The normalized spacial score (nSPS) is 10.9. The Morgan fingerprint density at radius 1 is 0.970 bits per heavy atom. The van der Waals surface area contributed by atoms with Gasteiger partial charge in [0.15, 0.2) is 11.5 Å². The van der Waals surface area contributed by atoms with Crippen LogP contribution in [0.1, 0.15) is 11.1 Å². The van der Waals surface area contributed by atoms with Crippen LogP contribution in [-0.4, -0.2) is 25.1 Å². The van der Waals surface area contributed by atoms with Gasteiger partial charge in [-0.3, -0.25) is 4.79 Å². The van der Waals surface area contributed by atoms with Crippen molar-refractivity contribution in [2.45, 2.75) is 6.92 Å². The number of ether oxygens (including phenoxy) is 2. The predicted molar refractivity (Wildman–Crippen MR) is 129 cm³/mol. The number of hydrogen-bond acceptors (Lipinski definition) is 5. The number of hydrogen-bond donors (Lipinski definition) is 1. The van der Waals surface area contributed by atoms with E-state index in [0.717, 1.165) is 22.3 Å². The summed E-state index contributed by atoms with van der Waals surface area (Å²) in [5.74, 6) is 1.38. The fourth-order valence-corrected chi connectivity index (χ4v) is 3.55. The van der Waals surface area contributed by atoms with E-state index in [-0.39, 0.29) is 5.91 Å². The van der Waals surface area contributed by atoms with E-state index < -0.39 is 0 Å². The molecule has 0 fully saturated rings. The first-order valence-electron chi connectivity index (χ1n) is 10.4. The van der Waals surface area contributed by atoms with E-state index in [2.05, 4.69) is 29.4 Å². The van der Waals surface area contributed by atoms with Crippen LogP contribution in [0.3, 0.4) is 0 Å². The number of aryl methyl sites for hydroxylation is 1. The number of carbonyl (C=O) groups is 1. The number of oxazole rings is 1.